The number of hydrogen-bond acceptors (Lipinski definition) is 4. The number of ether oxygens (including phenoxy) is 3. The Morgan fingerprint density at radius 2 is 1.96 bits per heavy atom. The molecule has 3 aliphatic rings. The Labute approximate surface area is 143 Å². The molecule has 2 amide bonds. The van der Waals surface area contributed by atoms with E-state index in [9.17, 15) is 13.6 Å². The van der Waals surface area contributed by atoms with Gasteiger partial charge in [0, 0.05) is 24.7 Å². The zero-order chi connectivity index (χ0) is 17.4. The molecular formula is C17H20F2N2O4. The number of benzene rings is 1. The van der Waals surface area contributed by atoms with Crippen molar-refractivity contribution >= 4 is 6.03 Å². The number of fused-ring (bicyclic) bond motifs is 1. The van der Waals surface area contributed by atoms with Crippen LogP contribution in [0.3, 0.4) is 0 Å². The summed E-state index contributed by atoms with van der Waals surface area (Å²) in [6.07, 6.45) is 4.86. The summed E-state index contributed by atoms with van der Waals surface area (Å²) in [4.78, 5) is 12.0. The molecule has 6 nitrogen and oxygen atoms in total. The maximum absolute atomic E-state index is 12.6. The van der Waals surface area contributed by atoms with Crippen LogP contribution < -0.4 is 24.8 Å². The molecule has 0 saturated heterocycles. The molecule has 1 heterocycles. The van der Waals surface area contributed by atoms with Crippen LogP contribution in [0.25, 0.3) is 0 Å². The van der Waals surface area contributed by atoms with Crippen LogP contribution in [0.5, 0.6) is 17.2 Å². The van der Waals surface area contributed by atoms with Crippen LogP contribution in [0, 0.1) is 11.3 Å². The first-order chi connectivity index (χ1) is 12.1. The molecule has 0 unspecified atom stereocenters. The second-order valence-corrected chi connectivity index (χ2v) is 6.86. The van der Waals surface area contributed by atoms with Gasteiger partial charge in [-0.25, -0.2) is 4.79 Å². The minimum absolute atomic E-state index is 0.0313. The van der Waals surface area contributed by atoms with Gasteiger partial charge in [0.2, 0.25) is 6.79 Å². The van der Waals surface area contributed by atoms with Crippen LogP contribution in [0.4, 0.5) is 13.6 Å². The Balaban J connectivity index is 1.35. The molecule has 0 aromatic heterocycles. The summed E-state index contributed by atoms with van der Waals surface area (Å²) >= 11 is 0. The second kappa shape index (κ2) is 6.24. The number of carbonyl (C=O) groups excluding carboxylic acids is 1. The van der Waals surface area contributed by atoms with Gasteiger partial charge in [-0.05, 0) is 43.1 Å². The number of carbonyl (C=O) groups is 1. The van der Waals surface area contributed by atoms with Crippen LogP contribution in [-0.2, 0) is 6.54 Å². The Morgan fingerprint density at radius 3 is 2.60 bits per heavy atom. The fraction of sp³-hybridized carbons (Fsp3) is 0.588. The SMILES string of the molecule is O=C(NCc1cc2c(cc1OC(F)F)OCO2)NCC1(C2CC2)CC1. The molecule has 136 valence electrons. The minimum Gasteiger partial charge on any atom is -0.454 e. The maximum Gasteiger partial charge on any atom is 0.387 e. The summed E-state index contributed by atoms with van der Waals surface area (Å²) in [6.45, 7) is -2.20. The van der Waals surface area contributed by atoms with Gasteiger partial charge in [-0.3, -0.25) is 0 Å². The van der Waals surface area contributed by atoms with Crippen molar-refractivity contribution in [2.75, 3.05) is 13.3 Å². The fourth-order valence-corrected chi connectivity index (χ4v) is 3.39. The average molecular weight is 354 g/mol. The predicted molar refractivity (Wildman–Crippen MR) is 83.8 cm³/mol. The zero-order valence-electron chi connectivity index (χ0n) is 13.6. The van der Waals surface area contributed by atoms with Crippen LogP contribution in [0.15, 0.2) is 12.1 Å². The van der Waals surface area contributed by atoms with Crippen LogP contribution in [0.1, 0.15) is 31.2 Å². The van der Waals surface area contributed by atoms with Gasteiger partial charge in [0.15, 0.2) is 11.5 Å². The third-order valence-corrected chi connectivity index (χ3v) is 5.15. The fourth-order valence-electron chi connectivity index (χ4n) is 3.39. The van der Waals surface area contributed by atoms with Gasteiger partial charge < -0.3 is 24.8 Å². The Bertz CT molecular complexity index is 675. The van der Waals surface area contributed by atoms with Gasteiger partial charge in [-0.1, -0.05) is 0 Å². The van der Waals surface area contributed by atoms with Crippen molar-refractivity contribution in [3.05, 3.63) is 17.7 Å². The van der Waals surface area contributed by atoms with Gasteiger partial charge in [0.05, 0.1) is 0 Å². The first-order valence-corrected chi connectivity index (χ1v) is 8.45. The molecule has 2 N–H and O–H groups in total. The van der Waals surface area contributed by atoms with E-state index < -0.39 is 6.61 Å². The number of urea groups is 1. The Morgan fingerprint density at radius 1 is 1.24 bits per heavy atom. The lowest BCUT2D eigenvalue weighted by Crippen LogP contribution is -2.39. The highest BCUT2D eigenvalue weighted by atomic mass is 19.3. The van der Waals surface area contributed by atoms with Crippen LogP contribution >= 0.6 is 0 Å². The zero-order valence-corrected chi connectivity index (χ0v) is 13.6. The van der Waals surface area contributed by atoms with Crippen molar-refractivity contribution in [1.82, 2.24) is 10.6 Å². The standard InChI is InChI=1S/C17H20F2N2O4/c18-15(19)25-12-6-14-13(23-9-24-14)5-10(12)7-20-16(22)21-8-17(3-4-17)11-1-2-11/h5-6,11,15H,1-4,7-9H2,(H2,20,21,22). The first-order valence-electron chi connectivity index (χ1n) is 8.45. The topological polar surface area (TPSA) is 68.8 Å². The molecular weight excluding hydrogens is 334 g/mol. The van der Waals surface area contributed by atoms with Crippen molar-refractivity contribution < 1.29 is 27.8 Å². The van der Waals surface area contributed by atoms with Crippen molar-refractivity contribution in [2.45, 2.75) is 38.8 Å². The lowest BCUT2D eigenvalue weighted by atomic mass is 10.0. The minimum atomic E-state index is -2.96. The highest BCUT2D eigenvalue weighted by molar-refractivity contribution is 5.74. The van der Waals surface area contributed by atoms with Gasteiger partial charge in [-0.15, -0.1) is 0 Å². The molecule has 0 bridgehead atoms. The number of alkyl halides is 2. The van der Waals surface area contributed by atoms with E-state index in [0.29, 0.717) is 29.0 Å². The average Bonchev–Trinajstić information content (AvgIpc) is 3.47. The highest BCUT2D eigenvalue weighted by Gasteiger charge is 2.53. The summed E-state index contributed by atoms with van der Waals surface area (Å²) in [6, 6.07) is 2.59. The summed E-state index contributed by atoms with van der Waals surface area (Å²) in [5.41, 5.74) is 0.711. The summed E-state index contributed by atoms with van der Waals surface area (Å²) in [7, 11) is 0. The van der Waals surface area contributed by atoms with Crippen molar-refractivity contribution in [2.24, 2.45) is 11.3 Å². The van der Waals surface area contributed by atoms with Crippen LogP contribution in [-0.4, -0.2) is 26.0 Å². The molecule has 4 rings (SSSR count). The Kier molecular flexibility index (Phi) is 4.05. The largest absolute Gasteiger partial charge is 0.454 e. The molecule has 25 heavy (non-hydrogen) atoms. The van der Waals surface area contributed by atoms with Gasteiger partial charge in [-0.2, -0.15) is 8.78 Å². The van der Waals surface area contributed by atoms with E-state index in [1.807, 2.05) is 0 Å². The first kappa shape index (κ1) is 16.2. The molecule has 2 aliphatic carbocycles. The lowest BCUT2D eigenvalue weighted by molar-refractivity contribution is -0.0505. The summed E-state index contributed by atoms with van der Waals surface area (Å²) in [5, 5.41) is 5.59. The molecule has 0 atom stereocenters. The normalized spacial score (nSPS) is 19.6. The molecule has 0 spiro atoms. The summed E-state index contributed by atoms with van der Waals surface area (Å²) < 4.78 is 40.1. The van der Waals surface area contributed by atoms with Gasteiger partial charge in [0.1, 0.15) is 5.75 Å². The van der Waals surface area contributed by atoms with E-state index in [2.05, 4.69) is 15.4 Å². The van der Waals surface area contributed by atoms with E-state index in [-0.39, 0.29) is 25.1 Å². The number of rotatable bonds is 7. The quantitative estimate of drug-likeness (QED) is 0.790. The number of amides is 2. The molecule has 8 heteroatoms. The van der Waals surface area contributed by atoms with Gasteiger partial charge >= 0.3 is 12.6 Å². The van der Waals surface area contributed by atoms with E-state index in [1.165, 1.54) is 31.7 Å². The number of halogens is 2. The van der Waals surface area contributed by atoms with Crippen LogP contribution in [0.2, 0.25) is 0 Å². The van der Waals surface area contributed by atoms with E-state index in [0.717, 1.165) is 5.92 Å². The lowest BCUT2D eigenvalue weighted by Gasteiger charge is -2.16. The monoisotopic (exact) mass is 354 g/mol. The second-order valence-electron chi connectivity index (χ2n) is 6.86. The molecule has 0 radical (unpaired) electrons. The van der Waals surface area contributed by atoms with Gasteiger partial charge in [0.25, 0.3) is 0 Å². The van der Waals surface area contributed by atoms with Crippen molar-refractivity contribution in [3.8, 4) is 17.2 Å². The molecule has 1 aromatic carbocycles. The predicted octanol–water partition coefficient (Wildman–Crippen LogP) is 3.01. The van der Waals surface area contributed by atoms with Crippen molar-refractivity contribution in [3.63, 3.8) is 0 Å². The molecule has 2 fully saturated rings. The maximum atomic E-state index is 12.6. The molecule has 1 aromatic rings. The van der Waals surface area contributed by atoms with E-state index in [4.69, 9.17) is 9.47 Å². The smallest absolute Gasteiger partial charge is 0.387 e. The van der Waals surface area contributed by atoms with E-state index >= 15 is 0 Å². The van der Waals surface area contributed by atoms with Crippen molar-refractivity contribution in [1.29, 1.82) is 0 Å². The third kappa shape index (κ3) is 3.57. The highest BCUT2D eigenvalue weighted by Crippen LogP contribution is 2.60. The van der Waals surface area contributed by atoms with E-state index in [1.54, 1.807) is 6.07 Å². The Hall–Kier alpha value is -2.25. The molecule has 1 aliphatic heterocycles. The summed E-state index contributed by atoms with van der Waals surface area (Å²) in [5.74, 6) is 1.53. The number of nitrogens with one attached hydrogen (secondary N) is 2. The third-order valence-electron chi connectivity index (χ3n) is 5.15. The molecule has 2 saturated carbocycles. The number of hydrogen-bond donors (Lipinski definition) is 2.